The van der Waals surface area contributed by atoms with Crippen LogP contribution in [0.4, 0.5) is 0 Å². The number of hydrogen-bond donors (Lipinski definition) is 1. The second-order valence-corrected chi connectivity index (χ2v) is 2.20. The van der Waals surface area contributed by atoms with E-state index in [-0.39, 0.29) is 5.92 Å². The Labute approximate surface area is 55.8 Å². The first-order chi connectivity index (χ1) is 4.22. The Balaban J connectivity index is 3.58. The lowest BCUT2D eigenvalue weighted by molar-refractivity contribution is -0.109. The van der Waals surface area contributed by atoms with E-state index < -0.39 is 0 Å². The quantitative estimate of drug-likeness (QED) is 0.452. The molecule has 52 valence electrons. The molecule has 2 heteroatoms. The van der Waals surface area contributed by atoms with Crippen LogP contribution in [0.15, 0.2) is 0 Å². The zero-order valence-corrected chi connectivity index (χ0v) is 5.98. The second kappa shape index (κ2) is 4.24. The van der Waals surface area contributed by atoms with E-state index in [0.29, 0.717) is 5.71 Å². The van der Waals surface area contributed by atoms with Crippen LogP contribution < -0.4 is 0 Å². The van der Waals surface area contributed by atoms with Crippen molar-refractivity contribution in [2.75, 3.05) is 0 Å². The van der Waals surface area contributed by atoms with Gasteiger partial charge >= 0.3 is 0 Å². The molecule has 0 aromatic heterocycles. The molecule has 0 bridgehead atoms. The van der Waals surface area contributed by atoms with Crippen LogP contribution in [-0.2, 0) is 4.79 Å². The fraction of sp³-hybridized carbons (Fsp3) is 0.714. The van der Waals surface area contributed by atoms with Gasteiger partial charge in [-0.2, -0.15) is 0 Å². The summed E-state index contributed by atoms with van der Waals surface area (Å²) in [6, 6.07) is 0. The van der Waals surface area contributed by atoms with Gasteiger partial charge in [-0.3, -0.25) is 0 Å². The van der Waals surface area contributed by atoms with Gasteiger partial charge in [-0.25, -0.2) is 0 Å². The molecule has 0 aromatic rings. The highest BCUT2D eigenvalue weighted by Gasteiger charge is 2.04. The van der Waals surface area contributed by atoms with Gasteiger partial charge in [0.05, 0.1) is 0 Å². The lowest BCUT2D eigenvalue weighted by atomic mass is 10.0. The molecule has 0 fully saturated rings. The summed E-state index contributed by atoms with van der Waals surface area (Å²) in [6.07, 6.45) is 2.52. The molecule has 9 heavy (non-hydrogen) atoms. The van der Waals surface area contributed by atoms with Crippen molar-refractivity contribution >= 4 is 12.0 Å². The van der Waals surface area contributed by atoms with Crippen molar-refractivity contribution < 1.29 is 4.79 Å². The molecule has 0 amide bonds. The molecule has 2 nitrogen and oxygen atoms in total. The Morgan fingerprint density at radius 3 is 2.67 bits per heavy atom. The normalized spacial score (nSPS) is 12.7. The van der Waals surface area contributed by atoms with Crippen LogP contribution in [0.25, 0.3) is 0 Å². The topological polar surface area (TPSA) is 40.9 Å². The Bertz CT molecular complexity index is 109. The Morgan fingerprint density at radius 1 is 1.78 bits per heavy atom. The van der Waals surface area contributed by atoms with E-state index in [1.165, 1.54) is 0 Å². The van der Waals surface area contributed by atoms with E-state index in [0.717, 1.165) is 19.1 Å². The van der Waals surface area contributed by atoms with Gasteiger partial charge in [0, 0.05) is 11.6 Å². The van der Waals surface area contributed by atoms with Crippen molar-refractivity contribution in [1.29, 1.82) is 5.41 Å². The predicted molar refractivity (Wildman–Crippen MR) is 37.9 cm³/mol. The Hall–Kier alpha value is -0.660. The molecule has 0 aliphatic heterocycles. The third-order valence-corrected chi connectivity index (χ3v) is 1.27. The monoisotopic (exact) mass is 127 g/mol. The van der Waals surface area contributed by atoms with Gasteiger partial charge in [0.25, 0.3) is 0 Å². The molecular formula is C7H13NO. The highest BCUT2D eigenvalue weighted by molar-refractivity contribution is 5.94. The average Bonchev–Trinajstić information content (AvgIpc) is 1.87. The molecule has 0 spiro atoms. The molecule has 0 radical (unpaired) electrons. The summed E-state index contributed by atoms with van der Waals surface area (Å²) in [5.74, 6) is -0.176. The third-order valence-electron chi connectivity index (χ3n) is 1.27. The number of aldehydes is 1. The second-order valence-electron chi connectivity index (χ2n) is 2.20. The van der Waals surface area contributed by atoms with Crippen LogP contribution >= 0.6 is 0 Å². The van der Waals surface area contributed by atoms with Crippen molar-refractivity contribution in [2.24, 2.45) is 5.92 Å². The largest absolute Gasteiger partial charge is 0.309 e. The number of rotatable bonds is 4. The summed E-state index contributed by atoms with van der Waals surface area (Å²) >= 11 is 0. The van der Waals surface area contributed by atoms with Crippen LogP contribution in [0.3, 0.4) is 0 Å². The molecule has 0 heterocycles. The maximum atomic E-state index is 10.1. The Morgan fingerprint density at radius 2 is 2.33 bits per heavy atom. The lowest BCUT2D eigenvalue weighted by Gasteiger charge is -2.02. The number of carbonyl (C=O) groups is 1. The molecule has 0 aliphatic carbocycles. The minimum absolute atomic E-state index is 0.176. The minimum Gasteiger partial charge on any atom is -0.309 e. The van der Waals surface area contributed by atoms with Gasteiger partial charge in [0.15, 0.2) is 0 Å². The van der Waals surface area contributed by atoms with E-state index >= 15 is 0 Å². The maximum absolute atomic E-state index is 10.1. The van der Waals surface area contributed by atoms with Gasteiger partial charge in [0.2, 0.25) is 0 Å². The standard InChI is InChI=1S/C7H13NO/c1-3-4-7(8)6(2)5-9/h5-6,8H,3-4H2,1-2H3. The molecule has 0 saturated heterocycles. The predicted octanol–water partition coefficient (Wildman–Crippen LogP) is 1.64. The van der Waals surface area contributed by atoms with E-state index in [4.69, 9.17) is 5.41 Å². The summed E-state index contributed by atoms with van der Waals surface area (Å²) in [6.45, 7) is 3.76. The average molecular weight is 127 g/mol. The third kappa shape index (κ3) is 3.01. The molecule has 0 saturated carbocycles. The zero-order chi connectivity index (χ0) is 7.28. The van der Waals surface area contributed by atoms with Crippen LogP contribution in [0.1, 0.15) is 26.7 Å². The van der Waals surface area contributed by atoms with Crippen molar-refractivity contribution in [3.63, 3.8) is 0 Å². The maximum Gasteiger partial charge on any atom is 0.128 e. The summed E-state index contributed by atoms with van der Waals surface area (Å²) in [4.78, 5) is 10.1. The molecule has 1 N–H and O–H groups in total. The molecular weight excluding hydrogens is 114 g/mol. The van der Waals surface area contributed by atoms with E-state index in [1.54, 1.807) is 6.92 Å². The number of nitrogens with one attached hydrogen (secondary N) is 1. The molecule has 1 atom stereocenters. The molecule has 0 rings (SSSR count). The summed E-state index contributed by atoms with van der Waals surface area (Å²) in [5.41, 5.74) is 0.549. The first kappa shape index (κ1) is 8.34. The first-order valence-electron chi connectivity index (χ1n) is 3.25. The minimum atomic E-state index is -0.176. The SMILES string of the molecule is CCCC(=N)C(C)C=O. The molecule has 0 aromatic carbocycles. The van der Waals surface area contributed by atoms with E-state index in [2.05, 4.69) is 0 Å². The zero-order valence-electron chi connectivity index (χ0n) is 5.98. The van der Waals surface area contributed by atoms with Crippen molar-refractivity contribution in [1.82, 2.24) is 0 Å². The van der Waals surface area contributed by atoms with Crippen LogP contribution in [0, 0.1) is 11.3 Å². The van der Waals surface area contributed by atoms with Crippen LogP contribution in [-0.4, -0.2) is 12.0 Å². The summed E-state index contributed by atoms with van der Waals surface area (Å²) in [7, 11) is 0. The van der Waals surface area contributed by atoms with Crippen molar-refractivity contribution in [2.45, 2.75) is 26.7 Å². The van der Waals surface area contributed by atoms with Gasteiger partial charge in [0.1, 0.15) is 6.29 Å². The van der Waals surface area contributed by atoms with Gasteiger partial charge in [-0.05, 0) is 6.42 Å². The highest BCUT2D eigenvalue weighted by Crippen LogP contribution is 1.99. The summed E-state index contributed by atoms with van der Waals surface area (Å²) in [5, 5.41) is 7.26. The van der Waals surface area contributed by atoms with E-state index in [9.17, 15) is 4.79 Å². The van der Waals surface area contributed by atoms with Crippen molar-refractivity contribution in [3.05, 3.63) is 0 Å². The van der Waals surface area contributed by atoms with Gasteiger partial charge in [-0.15, -0.1) is 0 Å². The molecule has 1 unspecified atom stereocenters. The molecule has 0 aliphatic rings. The smallest absolute Gasteiger partial charge is 0.128 e. The fourth-order valence-corrected chi connectivity index (χ4v) is 0.579. The van der Waals surface area contributed by atoms with Crippen LogP contribution in [0.5, 0.6) is 0 Å². The Kier molecular flexibility index (Phi) is 3.93. The van der Waals surface area contributed by atoms with Gasteiger partial charge < -0.3 is 10.2 Å². The first-order valence-corrected chi connectivity index (χ1v) is 3.25. The van der Waals surface area contributed by atoms with Crippen molar-refractivity contribution in [3.8, 4) is 0 Å². The highest BCUT2D eigenvalue weighted by atomic mass is 16.1. The number of hydrogen-bond acceptors (Lipinski definition) is 2. The fourth-order valence-electron chi connectivity index (χ4n) is 0.579. The lowest BCUT2D eigenvalue weighted by Crippen LogP contribution is -2.09. The number of carbonyl (C=O) groups excluding carboxylic acids is 1. The van der Waals surface area contributed by atoms with Crippen LogP contribution in [0.2, 0.25) is 0 Å². The van der Waals surface area contributed by atoms with E-state index in [1.807, 2.05) is 6.92 Å². The summed E-state index contributed by atoms with van der Waals surface area (Å²) < 4.78 is 0. The van der Waals surface area contributed by atoms with Gasteiger partial charge in [-0.1, -0.05) is 20.3 Å².